The molecular weight excluding hydrogens is 282 g/mol. The lowest BCUT2D eigenvalue weighted by atomic mass is 10.1. The zero-order chi connectivity index (χ0) is 12.7. The Hall–Kier alpha value is -1.78. The number of alkyl halides is 1. The van der Waals surface area contributed by atoms with Gasteiger partial charge in [-0.2, -0.15) is 5.26 Å². The van der Waals surface area contributed by atoms with Gasteiger partial charge in [0.1, 0.15) is 0 Å². The first-order chi connectivity index (χ1) is 8.21. The fourth-order valence-electron chi connectivity index (χ4n) is 1.16. The Balaban J connectivity index is 3.03. The van der Waals surface area contributed by atoms with E-state index >= 15 is 0 Å². The zero-order valence-corrected chi connectivity index (χ0v) is 10.9. The van der Waals surface area contributed by atoms with Gasteiger partial charge >= 0.3 is 5.97 Å². The van der Waals surface area contributed by atoms with Crippen LogP contribution in [0.2, 0.25) is 0 Å². The Morgan fingerprint density at radius 1 is 1.53 bits per heavy atom. The van der Waals surface area contributed by atoms with Crippen LogP contribution >= 0.6 is 15.9 Å². The van der Waals surface area contributed by atoms with E-state index in [9.17, 15) is 4.79 Å². The summed E-state index contributed by atoms with van der Waals surface area (Å²) in [7, 11) is 0. The smallest absolute Gasteiger partial charge is 0.384 e. The molecule has 0 unspecified atom stereocenters. The Morgan fingerprint density at radius 2 is 2.29 bits per heavy atom. The molecule has 17 heavy (non-hydrogen) atoms. The van der Waals surface area contributed by atoms with Crippen molar-refractivity contribution < 1.29 is 9.53 Å². The van der Waals surface area contributed by atoms with Crippen molar-refractivity contribution in [2.24, 2.45) is 0 Å². The summed E-state index contributed by atoms with van der Waals surface area (Å²) in [6.07, 6.45) is 0. The summed E-state index contributed by atoms with van der Waals surface area (Å²) < 4.78 is 4.70. The van der Waals surface area contributed by atoms with E-state index in [0.717, 1.165) is 5.56 Å². The Labute approximate surface area is 109 Å². The van der Waals surface area contributed by atoms with E-state index in [4.69, 9.17) is 10.00 Å². The quantitative estimate of drug-likeness (QED) is 0.477. The number of halogens is 1. The first-order valence-electron chi connectivity index (χ1n) is 4.99. The number of hydrogen-bond donors (Lipinski definition) is 0. The van der Waals surface area contributed by atoms with Crippen LogP contribution < -0.4 is 0 Å². The van der Waals surface area contributed by atoms with Crippen LogP contribution in [0.5, 0.6) is 0 Å². The summed E-state index contributed by atoms with van der Waals surface area (Å²) >= 11 is 3.33. The van der Waals surface area contributed by atoms with Crippen molar-refractivity contribution in [2.45, 2.75) is 12.3 Å². The second kappa shape index (κ2) is 6.73. The second-order valence-electron chi connectivity index (χ2n) is 3.09. The van der Waals surface area contributed by atoms with Crippen molar-refractivity contribution in [3.63, 3.8) is 0 Å². The summed E-state index contributed by atoms with van der Waals surface area (Å²) in [4.78, 5) is 11.1. The SMILES string of the molecule is CCOC(=O)C#Cc1cc(C#N)ccc1CBr. The van der Waals surface area contributed by atoms with Crippen LogP contribution in [0.3, 0.4) is 0 Å². The van der Waals surface area contributed by atoms with E-state index in [1.165, 1.54) is 0 Å². The number of rotatable bonds is 2. The molecule has 0 N–H and O–H groups in total. The lowest BCUT2D eigenvalue weighted by molar-refractivity contribution is -0.136. The van der Waals surface area contributed by atoms with Crippen molar-refractivity contribution in [3.8, 4) is 17.9 Å². The predicted molar refractivity (Wildman–Crippen MR) is 67.3 cm³/mol. The third-order valence-electron chi connectivity index (χ3n) is 1.96. The maximum absolute atomic E-state index is 11.1. The first-order valence-corrected chi connectivity index (χ1v) is 6.11. The number of ether oxygens (including phenoxy) is 1. The Bertz CT molecular complexity index is 520. The molecule has 0 aliphatic rings. The van der Waals surface area contributed by atoms with Gasteiger partial charge in [-0.05, 0) is 24.6 Å². The van der Waals surface area contributed by atoms with Crippen LogP contribution in [-0.2, 0) is 14.9 Å². The van der Waals surface area contributed by atoms with E-state index in [-0.39, 0.29) is 0 Å². The van der Waals surface area contributed by atoms with Gasteiger partial charge in [-0.1, -0.05) is 27.9 Å². The summed E-state index contributed by atoms with van der Waals surface area (Å²) in [5.74, 6) is 4.54. The van der Waals surface area contributed by atoms with Gasteiger partial charge in [0.15, 0.2) is 0 Å². The molecule has 0 aliphatic carbocycles. The standard InChI is InChI=1S/C13H10BrNO2/c1-2-17-13(16)6-5-11-7-10(9-15)3-4-12(11)8-14/h3-4,7H,2,8H2,1H3. The molecule has 0 spiro atoms. The van der Waals surface area contributed by atoms with E-state index in [1.54, 1.807) is 19.1 Å². The maximum Gasteiger partial charge on any atom is 0.384 e. The van der Waals surface area contributed by atoms with E-state index < -0.39 is 5.97 Å². The van der Waals surface area contributed by atoms with E-state index in [0.29, 0.717) is 23.1 Å². The molecule has 0 bridgehead atoms. The molecule has 0 saturated heterocycles. The number of benzene rings is 1. The molecular formula is C13H10BrNO2. The average molecular weight is 292 g/mol. The minimum atomic E-state index is -0.560. The van der Waals surface area contributed by atoms with Crippen molar-refractivity contribution in [1.82, 2.24) is 0 Å². The Kier molecular flexibility index (Phi) is 5.26. The summed E-state index contributed by atoms with van der Waals surface area (Å²) in [5.41, 5.74) is 2.11. The van der Waals surface area contributed by atoms with Crippen molar-refractivity contribution in [1.29, 1.82) is 5.26 Å². The summed E-state index contributed by atoms with van der Waals surface area (Å²) in [6, 6.07) is 7.21. The predicted octanol–water partition coefficient (Wildman–Crippen LogP) is 2.37. The number of esters is 1. The Morgan fingerprint density at radius 3 is 2.88 bits per heavy atom. The fraction of sp³-hybridized carbons (Fsp3) is 0.231. The van der Waals surface area contributed by atoms with Gasteiger partial charge < -0.3 is 4.74 Å². The van der Waals surface area contributed by atoms with E-state index in [2.05, 4.69) is 27.8 Å². The molecule has 3 nitrogen and oxygen atoms in total. The normalized spacial score (nSPS) is 8.76. The van der Waals surface area contributed by atoms with Crippen LogP contribution in [-0.4, -0.2) is 12.6 Å². The average Bonchev–Trinajstić information content (AvgIpc) is 2.36. The van der Waals surface area contributed by atoms with Crippen molar-refractivity contribution >= 4 is 21.9 Å². The van der Waals surface area contributed by atoms with Crippen molar-refractivity contribution in [3.05, 3.63) is 34.9 Å². The number of carbonyl (C=O) groups excluding carboxylic acids is 1. The van der Waals surface area contributed by atoms with Crippen molar-refractivity contribution in [2.75, 3.05) is 6.61 Å². The molecule has 86 valence electrons. The number of carbonyl (C=O) groups is 1. The monoisotopic (exact) mass is 291 g/mol. The van der Waals surface area contributed by atoms with Crippen LogP contribution in [0.1, 0.15) is 23.6 Å². The molecule has 0 atom stereocenters. The van der Waals surface area contributed by atoms with Gasteiger partial charge in [-0.3, -0.25) is 0 Å². The number of hydrogen-bond acceptors (Lipinski definition) is 3. The van der Waals surface area contributed by atoms with Crippen LogP contribution in [0.25, 0.3) is 0 Å². The minimum absolute atomic E-state index is 0.303. The van der Waals surface area contributed by atoms with Gasteiger partial charge in [-0.15, -0.1) is 0 Å². The van der Waals surface area contributed by atoms with Gasteiger partial charge in [0.25, 0.3) is 0 Å². The molecule has 4 heteroatoms. The van der Waals surface area contributed by atoms with Crippen LogP contribution in [0.4, 0.5) is 0 Å². The molecule has 1 rings (SSSR count). The lowest BCUT2D eigenvalue weighted by Crippen LogP contribution is -2.00. The molecule has 0 radical (unpaired) electrons. The molecule has 0 fully saturated rings. The van der Waals surface area contributed by atoms with E-state index in [1.807, 2.05) is 12.1 Å². The van der Waals surface area contributed by atoms with Gasteiger partial charge in [-0.25, -0.2) is 4.79 Å². The molecule has 1 aromatic rings. The van der Waals surface area contributed by atoms with Crippen LogP contribution in [0, 0.1) is 23.2 Å². The fourth-order valence-corrected chi connectivity index (χ4v) is 1.65. The molecule has 0 aromatic heterocycles. The third-order valence-corrected chi connectivity index (χ3v) is 2.56. The summed E-state index contributed by atoms with van der Waals surface area (Å²) in [5, 5.41) is 9.40. The zero-order valence-electron chi connectivity index (χ0n) is 9.29. The number of nitriles is 1. The first kappa shape index (κ1) is 13.3. The summed E-state index contributed by atoms with van der Waals surface area (Å²) in [6.45, 7) is 2.02. The van der Waals surface area contributed by atoms with Gasteiger partial charge in [0.2, 0.25) is 0 Å². The maximum atomic E-state index is 11.1. The molecule has 0 heterocycles. The number of nitrogens with zero attached hydrogens (tertiary/aromatic N) is 1. The highest BCUT2D eigenvalue weighted by atomic mass is 79.9. The highest BCUT2D eigenvalue weighted by Gasteiger charge is 2.01. The van der Waals surface area contributed by atoms with Gasteiger partial charge in [0.05, 0.1) is 18.2 Å². The highest BCUT2D eigenvalue weighted by Crippen LogP contribution is 2.13. The third kappa shape index (κ3) is 3.94. The molecule has 1 aromatic carbocycles. The largest absolute Gasteiger partial charge is 0.456 e. The molecule has 0 amide bonds. The topological polar surface area (TPSA) is 50.1 Å². The highest BCUT2D eigenvalue weighted by molar-refractivity contribution is 9.08. The lowest BCUT2D eigenvalue weighted by Gasteiger charge is -2.00. The molecule has 0 aliphatic heterocycles. The minimum Gasteiger partial charge on any atom is -0.456 e. The van der Waals surface area contributed by atoms with Gasteiger partial charge in [0, 0.05) is 16.8 Å². The van der Waals surface area contributed by atoms with Crippen LogP contribution in [0.15, 0.2) is 18.2 Å². The second-order valence-corrected chi connectivity index (χ2v) is 3.65. The molecule has 0 saturated carbocycles.